The fraction of sp³-hybridized carbons (Fsp3) is 0.588. The van der Waals surface area contributed by atoms with Gasteiger partial charge in [0.05, 0.1) is 0 Å². The largest absolute Gasteiger partial charge is 0.492 e. The van der Waals surface area contributed by atoms with Crippen LogP contribution in [0.4, 0.5) is 5.69 Å². The number of hydrogen-bond donors (Lipinski definition) is 2. The summed E-state index contributed by atoms with van der Waals surface area (Å²) in [6, 6.07) is 7.52. The van der Waals surface area contributed by atoms with Crippen LogP contribution in [-0.4, -0.2) is 19.1 Å². The molecule has 21 heavy (non-hydrogen) atoms. The van der Waals surface area contributed by atoms with Crippen molar-refractivity contribution in [2.75, 3.05) is 18.5 Å². The van der Waals surface area contributed by atoms with Gasteiger partial charge in [-0.3, -0.25) is 4.79 Å². The standard InChI is InChI=1S/C17H24N2O2/c18-10-11-21-14-6-4-13(5-7-14)19-16(20)15-12-17(15)8-2-1-3-9-17/h4-7,15H,1-3,8-12,18H2,(H,19,20). The van der Waals surface area contributed by atoms with Crippen LogP contribution >= 0.6 is 0 Å². The Labute approximate surface area is 126 Å². The van der Waals surface area contributed by atoms with Crippen LogP contribution in [0, 0.1) is 11.3 Å². The minimum atomic E-state index is 0.188. The summed E-state index contributed by atoms with van der Waals surface area (Å²) in [4.78, 5) is 12.3. The lowest BCUT2D eigenvalue weighted by atomic mass is 9.84. The first-order valence-corrected chi connectivity index (χ1v) is 7.97. The Morgan fingerprint density at radius 3 is 2.62 bits per heavy atom. The molecule has 1 amide bonds. The first-order chi connectivity index (χ1) is 10.2. The van der Waals surface area contributed by atoms with Crippen LogP contribution in [0.1, 0.15) is 38.5 Å². The molecule has 0 bridgehead atoms. The molecule has 1 atom stereocenters. The number of nitrogens with two attached hydrogens (primary N) is 1. The highest BCUT2D eigenvalue weighted by Gasteiger charge is 2.57. The smallest absolute Gasteiger partial charge is 0.228 e. The van der Waals surface area contributed by atoms with Crippen LogP contribution in [0.15, 0.2) is 24.3 Å². The quantitative estimate of drug-likeness (QED) is 0.875. The lowest BCUT2D eigenvalue weighted by Crippen LogP contribution is -2.20. The summed E-state index contributed by atoms with van der Waals surface area (Å²) in [7, 11) is 0. The van der Waals surface area contributed by atoms with Crippen molar-refractivity contribution in [1.29, 1.82) is 0 Å². The Morgan fingerprint density at radius 2 is 1.95 bits per heavy atom. The summed E-state index contributed by atoms with van der Waals surface area (Å²) < 4.78 is 5.43. The molecule has 0 heterocycles. The normalized spacial score (nSPS) is 22.8. The third-order valence-corrected chi connectivity index (χ3v) is 4.86. The molecule has 1 unspecified atom stereocenters. The number of ether oxygens (including phenoxy) is 1. The molecule has 1 aromatic carbocycles. The molecule has 0 radical (unpaired) electrons. The average Bonchev–Trinajstić information content (AvgIpc) is 3.21. The summed E-state index contributed by atoms with van der Waals surface area (Å²) >= 11 is 0. The van der Waals surface area contributed by atoms with Gasteiger partial charge in [0.25, 0.3) is 0 Å². The monoisotopic (exact) mass is 288 g/mol. The summed E-state index contributed by atoms with van der Waals surface area (Å²) in [5.41, 5.74) is 6.58. The molecule has 1 spiro atoms. The van der Waals surface area contributed by atoms with Gasteiger partial charge in [-0.25, -0.2) is 0 Å². The average molecular weight is 288 g/mol. The van der Waals surface area contributed by atoms with Crippen molar-refractivity contribution in [2.24, 2.45) is 17.1 Å². The van der Waals surface area contributed by atoms with Crippen LogP contribution in [-0.2, 0) is 4.79 Å². The minimum Gasteiger partial charge on any atom is -0.492 e. The number of carbonyl (C=O) groups excluding carboxylic acids is 1. The maximum atomic E-state index is 12.3. The molecule has 2 aliphatic rings. The zero-order valence-electron chi connectivity index (χ0n) is 12.4. The molecule has 2 aliphatic carbocycles. The highest BCUT2D eigenvalue weighted by molar-refractivity contribution is 5.95. The van der Waals surface area contributed by atoms with Gasteiger partial charge in [0.2, 0.25) is 5.91 Å². The Bertz CT molecular complexity index is 492. The molecule has 0 aromatic heterocycles. The highest BCUT2D eigenvalue weighted by Crippen LogP contribution is 2.61. The molecular formula is C17H24N2O2. The Kier molecular flexibility index (Phi) is 4.15. The lowest BCUT2D eigenvalue weighted by molar-refractivity contribution is -0.118. The molecule has 0 aliphatic heterocycles. The van der Waals surface area contributed by atoms with Crippen molar-refractivity contribution in [3.05, 3.63) is 24.3 Å². The Balaban J connectivity index is 1.53. The number of hydrogen-bond acceptors (Lipinski definition) is 3. The first-order valence-electron chi connectivity index (χ1n) is 7.97. The fourth-order valence-corrected chi connectivity index (χ4v) is 3.57. The Hall–Kier alpha value is -1.55. The van der Waals surface area contributed by atoms with E-state index in [4.69, 9.17) is 10.5 Å². The van der Waals surface area contributed by atoms with Crippen LogP contribution in [0.2, 0.25) is 0 Å². The highest BCUT2D eigenvalue weighted by atomic mass is 16.5. The minimum absolute atomic E-state index is 0.188. The van der Waals surface area contributed by atoms with E-state index in [1.807, 2.05) is 24.3 Å². The van der Waals surface area contributed by atoms with Crippen LogP contribution in [0.25, 0.3) is 0 Å². The molecule has 0 saturated heterocycles. The second-order valence-corrected chi connectivity index (χ2v) is 6.33. The van der Waals surface area contributed by atoms with Crippen molar-refractivity contribution < 1.29 is 9.53 Å². The van der Waals surface area contributed by atoms with E-state index in [9.17, 15) is 4.79 Å². The van der Waals surface area contributed by atoms with Crippen molar-refractivity contribution in [2.45, 2.75) is 38.5 Å². The van der Waals surface area contributed by atoms with Gasteiger partial charge in [0.1, 0.15) is 12.4 Å². The molecule has 2 saturated carbocycles. The lowest BCUT2D eigenvalue weighted by Gasteiger charge is -2.22. The Morgan fingerprint density at radius 1 is 1.24 bits per heavy atom. The maximum absolute atomic E-state index is 12.3. The van der Waals surface area contributed by atoms with E-state index in [0.29, 0.717) is 18.6 Å². The number of amides is 1. The molecule has 1 aromatic rings. The topological polar surface area (TPSA) is 64.3 Å². The van der Waals surface area contributed by atoms with Gasteiger partial charge in [-0.1, -0.05) is 19.3 Å². The summed E-state index contributed by atoms with van der Waals surface area (Å²) in [5.74, 6) is 1.20. The maximum Gasteiger partial charge on any atom is 0.228 e. The van der Waals surface area contributed by atoms with Crippen LogP contribution in [0.3, 0.4) is 0 Å². The number of rotatable bonds is 5. The summed E-state index contributed by atoms with van der Waals surface area (Å²) in [6.07, 6.45) is 7.46. The van der Waals surface area contributed by atoms with Crippen LogP contribution < -0.4 is 15.8 Å². The van der Waals surface area contributed by atoms with Gasteiger partial charge in [-0.2, -0.15) is 0 Å². The molecule has 3 rings (SSSR count). The number of carbonyl (C=O) groups is 1. The zero-order chi connectivity index (χ0) is 14.7. The van der Waals surface area contributed by atoms with Gasteiger partial charge in [0, 0.05) is 18.2 Å². The van der Waals surface area contributed by atoms with E-state index in [2.05, 4.69) is 5.32 Å². The molecule has 4 nitrogen and oxygen atoms in total. The van der Waals surface area contributed by atoms with Crippen molar-refractivity contribution in [1.82, 2.24) is 0 Å². The molecule has 4 heteroatoms. The van der Waals surface area contributed by atoms with E-state index in [1.54, 1.807) is 0 Å². The van der Waals surface area contributed by atoms with E-state index < -0.39 is 0 Å². The van der Waals surface area contributed by atoms with Crippen molar-refractivity contribution in [3.8, 4) is 5.75 Å². The van der Waals surface area contributed by atoms with Gasteiger partial charge >= 0.3 is 0 Å². The second kappa shape index (κ2) is 6.06. The van der Waals surface area contributed by atoms with Gasteiger partial charge in [0.15, 0.2) is 0 Å². The van der Waals surface area contributed by atoms with E-state index in [-0.39, 0.29) is 11.8 Å². The third kappa shape index (κ3) is 3.21. The molecule has 114 valence electrons. The van der Waals surface area contributed by atoms with Gasteiger partial charge < -0.3 is 15.8 Å². The number of anilines is 1. The van der Waals surface area contributed by atoms with Crippen LogP contribution in [0.5, 0.6) is 5.75 Å². The number of nitrogens with one attached hydrogen (secondary N) is 1. The van der Waals surface area contributed by atoms with Gasteiger partial charge in [-0.05, 0) is 48.9 Å². The summed E-state index contributed by atoms with van der Waals surface area (Å²) in [6.45, 7) is 1.01. The van der Waals surface area contributed by atoms with Crippen molar-refractivity contribution in [3.63, 3.8) is 0 Å². The SMILES string of the molecule is NCCOc1ccc(NC(=O)C2CC23CCCCC3)cc1. The predicted molar refractivity (Wildman–Crippen MR) is 83.2 cm³/mol. The molecule has 3 N–H and O–H groups in total. The van der Waals surface area contributed by atoms with Crippen molar-refractivity contribution >= 4 is 11.6 Å². The van der Waals surface area contributed by atoms with E-state index >= 15 is 0 Å². The molecule has 2 fully saturated rings. The zero-order valence-corrected chi connectivity index (χ0v) is 12.4. The van der Waals surface area contributed by atoms with Gasteiger partial charge in [-0.15, -0.1) is 0 Å². The van der Waals surface area contributed by atoms with E-state index in [0.717, 1.165) is 17.9 Å². The van der Waals surface area contributed by atoms with E-state index in [1.165, 1.54) is 32.1 Å². The first kappa shape index (κ1) is 14.4. The molecular weight excluding hydrogens is 264 g/mol. The fourth-order valence-electron chi connectivity index (χ4n) is 3.57. The third-order valence-electron chi connectivity index (χ3n) is 4.86. The number of benzene rings is 1. The second-order valence-electron chi connectivity index (χ2n) is 6.33. The predicted octanol–water partition coefficient (Wildman–Crippen LogP) is 2.93. The summed E-state index contributed by atoms with van der Waals surface area (Å²) in [5, 5.41) is 3.04.